The Morgan fingerprint density at radius 1 is 0.926 bits per heavy atom. The van der Waals surface area contributed by atoms with E-state index in [1.165, 1.54) is 15.5 Å². The zero-order valence-electron chi connectivity index (χ0n) is 16.4. The summed E-state index contributed by atoms with van der Waals surface area (Å²) in [5, 5.41) is 0.281. The maximum atomic E-state index is 12.6. The van der Waals surface area contributed by atoms with Gasteiger partial charge in [-0.1, -0.05) is 24.3 Å². The maximum absolute atomic E-state index is 12.6. The first-order chi connectivity index (χ1) is 13.0. The first-order valence-corrected chi connectivity index (χ1v) is 9.80. The Kier molecular flexibility index (Phi) is 7.30. The molecule has 0 bridgehead atoms. The Balaban J connectivity index is 2.21. The molecule has 0 spiro atoms. The SMILES string of the molecule is CCN1C(=O)C(=C/C=C\c2ccc(N(CC)CC)cc2)C(=O)N(CC)C1=S. The molecule has 144 valence electrons. The lowest BCUT2D eigenvalue weighted by molar-refractivity contribution is -0.133. The Hall–Kier alpha value is -2.47. The third kappa shape index (κ3) is 4.45. The van der Waals surface area contributed by atoms with Crippen molar-refractivity contribution in [2.75, 3.05) is 31.1 Å². The van der Waals surface area contributed by atoms with Crippen LogP contribution in [-0.2, 0) is 9.59 Å². The molecule has 5 nitrogen and oxygen atoms in total. The Morgan fingerprint density at radius 2 is 1.44 bits per heavy atom. The molecule has 27 heavy (non-hydrogen) atoms. The van der Waals surface area contributed by atoms with E-state index in [2.05, 4.69) is 30.9 Å². The average molecular weight is 386 g/mol. The summed E-state index contributed by atoms with van der Waals surface area (Å²) in [5.74, 6) is -0.669. The lowest BCUT2D eigenvalue weighted by Crippen LogP contribution is -2.55. The summed E-state index contributed by atoms with van der Waals surface area (Å²) in [7, 11) is 0. The van der Waals surface area contributed by atoms with E-state index >= 15 is 0 Å². The van der Waals surface area contributed by atoms with Crippen molar-refractivity contribution < 1.29 is 9.59 Å². The van der Waals surface area contributed by atoms with Crippen LogP contribution in [0.3, 0.4) is 0 Å². The summed E-state index contributed by atoms with van der Waals surface area (Å²) < 4.78 is 0. The number of likely N-dealkylation sites (N-methyl/N-ethyl adjacent to an activating group) is 2. The number of hydrogen-bond acceptors (Lipinski definition) is 4. The van der Waals surface area contributed by atoms with Crippen LogP contribution in [0.15, 0.2) is 42.0 Å². The van der Waals surface area contributed by atoms with Gasteiger partial charge in [-0.15, -0.1) is 0 Å². The molecule has 1 aromatic carbocycles. The second-order valence-electron chi connectivity index (χ2n) is 6.08. The number of rotatable bonds is 7. The molecule has 0 N–H and O–H groups in total. The number of nitrogens with zero attached hydrogens (tertiary/aromatic N) is 3. The first-order valence-electron chi connectivity index (χ1n) is 9.39. The Labute approximate surface area is 166 Å². The lowest BCUT2D eigenvalue weighted by Gasteiger charge is -2.35. The monoisotopic (exact) mass is 385 g/mol. The third-order valence-electron chi connectivity index (χ3n) is 4.62. The summed E-state index contributed by atoms with van der Waals surface area (Å²) >= 11 is 5.26. The number of carbonyl (C=O) groups excluding carboxylic acids is 2. The van der Waals surface area contributed by atoms with Gasteiger partial charge in [-0.25, -0.2) is 0 Å². The average Bonchev–Trinajstić information content (AvgIpc) is 2.67. The van der Waals surface area contributed by atoms with Crippen molar-refractivity contribution in [3.05, 3.63) is 47.6 Å². The molecule has 2 rings (SSSR count). The number of amides is 2. The fourth-order valence-electron chi connectivity index (χ4n) is 3.04. The predicted octanol–water partition coefficient (Wildman–Crippen LogP) is 3.47. The first kappa shape index (κ1) is 20.8. The van der Waals surface area contributed by atoms with E-state index in [1.54, 1.807) is 12.2 Å². The molecule has 1 aliphatic rings. The van der Waals surface area contributed by atoms with Crippen LogP contribution in [-0.4, -0.2) is 52.9 Å². The molecule has 0 saturated carbocycles. The minimum absolute atomic E-state index is 0.142. The summed E-state index contributed by atoms with van der Waals surface area (Å²) in [4.78, 5) is 30.3. The molecule has 1 aromatic rings. The van der Waals surface area contributed by atoms with Crippen molar-refractivity contribution in [2.45, 2.75) is 27.7 Å². The largest absolute Gasteiger partial charge is 0.372 e. The van der Waals surface area contributed by atoms with Crippen molar-refractivity contribution >= 4 is 40.9 Å². The molecule has 0 atom stereocenters. The zero-order valence-corrected chi connectivity index (χ0v) is 17.3. The van der Waals surface area contributed by atoms with Crippen LogP contribution >= 0.6 is 12.2 Å². The van der Waals surface area contributed by atoms with Gasteiger partial charge in [-0.3, -0.25) is 19.4 Å². The third-order valence-corrected chi connectivity index (χ3v) is 5.06. The number of carbonyl (C=O) groups is 2. The fraction of sp³-hybridized carbons (Fsp3) is 0.381. The molecule has 1 heterocycles. The van der Waals surface area contributed by atoms with Crippen LogP contribution in [0.25, 0.3) is 6.08 Å². The van der Waals surface area contributed by atoms with Crippen LogP contribution in [0, 0.1) is 0 Å². The van der Waals surface area contributed by atoms with E-state index in [0.29, 0.717) is 13.1 Å². The highest BCUT2D eigenvalue weighted by Gasteiger charge is 2.37. The van der Waals surface area contributed by atoms with Crippen LogP contribution in [0.1, 0.15) is 33.3 Å². The second kappa shape index (κ2) is 9.46. The van der Waals surface area contributed by atoms with Crippen molar-refractivity contribution in [3.63, 3.8) is 0 Å². The van der Waals surface area contributed by atoms with Gasteiger partial charge >= 0.3 is 0 Å². The number of thiocarbonyl (C=S) groups is 1. The molecule has 1 aliphatic heterocycles. The van der Waals surface area contributed by atoms with E-state index in [0.717, 1.165) is 18.7 Å². The van der Waals surface area contributed by atoms with Gasteiger partial charge in [0.25, 0.3) is 11.8 Å². The summed E-state index contributed by atoms with van der Waals surface area (Å²) in [5.41, 5.74) is 2.33. The molecule has 0 aromatic heterocycles. The number of benzene rings is 1. The number of allylic oxidation sites excluding steroid dienone is 2. The van der Waals surface area contributed by atoms with Crippen LogP contribution < -0.4 is 4.90 Å². The molecule has 0 unspecified atom stereocenters. The van der Waals surface area contributed by atoms with Gasteiger partial charge in [0.05, 0.1) is 0 Å². The molecule has 1 fully saturated rings. The van der Waals surface area contributed by atoms with E-state index in [4.69, 9.17) is 12.2 Å². The minimum atomic E-state index is -0.335. The molecule has 0 aliphatic carbocycles. The van der Waals surface area contributed by atoms with Gasteiger partial charge in [0.2, 0.25) is 0 Å². The molecule has 2 amide bonds. The smallest absolute Gasteiger partial charge is 0.265 e. The normalized spacial score (nSPS) is 15.1. The van der Waals surface area contributed by atoms with Gasteiger partial charge < -0.3 is 4.90 Å². The quantitative estimate of drug-likeness (QED) is 0.410. The van der Waals surface area contributed by atoms with Crippen molar-refractivity contribution in [3.8, 4) is 0 Å². The van der Waals surface area contributed by atoms with E-state index in [-0.39, 0.29) is 22.5 Å². The topological polar surface area (TPSA) is 43.9 Å². The highest BCUT2D eigenvalue weighted by atomic mass is 32.1. The maximum Gasteiger partial charge on any atom is 0.265 e. The molecule has 6 heteroatoms. The minimum Gasteiger partial charge on any atom is -0.372 e. The molecular weight excluding hydrogens is 358 g/mol. The molecule has 1 saturated heterocycles. The second-order valence-corrected chi connectivity index (χ2v) is 6.45. The number of anilines is 1. The van der Waals surface area contributed by atoms with Crippen molar-refractivity contribution in [2.24, 2.45) is 0 Å². The summed E-state index contributed by atoms with van der Waals surface area (Å²) in [6.45, 7) is 10.8. The fourth-order valence-corrected chi connectivity index (χ4v) is 3.47. The lowest BCUT2D eigenvalue weighted by atomic mass is 10.1. The van der Waals surface area contributed by atoms with Crippen LogP contribution in [0.2, 0.25) is 0 Å². The van der Waals surface area contributed by atoms with Gasteiger partial charge in [-0.05, 0) is 63.7 Å². The molecular formula is C21H27N3O2S. The van der Waals surface area contributed by atoms with Gasteiger partial charge in [-0.2, -0.15) is 0 Å². The van der Waals surface area contributed by atoms with E-state index in [9.17, 15) is 9.59 Å². The number of hydrogen-bond donors (Lipinski definition) is 0. The van der Waals surface area contributed by atoms with E-state index in [1.807, 2.05) is 32.1 Å². The molecule has 0 radical (unpaired) electrons. The predicted molar refractivity (Wildman–Crippen MR) is 114 cm³/mol. The van der Waals surface area contributed by atoms with Gasteiger partial charge in [0, 0.05) is 31.9 Å². The van der Waals surface area contributed by atoms with Gasteiger partial charge in [0.15, 0.2) is 5.11 Å². The van der Waals surface area contributed by atoms with Gasteiger partial charge in [0.1, 0.15) is 5.57 Å². The van der Waals surface area contributed by atoms with Crippen LogP contribution in [0.4, 0.5) is 5.69 Å². The van der Waals surface area contributed by atoms with Crippen molar-refractivity contribution in [1.82, 2.24) is 9.80 Å². The highest BCUT2D eigenvalue weighted by Crippen LogP contribution is 2.19. The van der Waals surface area contributed by atoms with E-state index < -0.39 is 0 Å². The van der Waals surface area contributed by atoms with Crippen molar-refractivity contribution in [1.29, 1.82) is 0 Å². The Morgan fingerprint density at radius 3 is 1.89 bits per heavy atom. The summed E-state index contributed by atoms with van der Waals surface area (Å²) in [6, 6.07) is 8.21. The summed E-state index contributed by atoms with van der Waals surface area (Å²) in [6.07, 6.45) is 5.21. The van der Waals surface area contributed by atoms with Crippen LogP contribution in [0.5, 0.6) is 0 Å². The highest BCUT2D eigenvalue weighted by molar-refractivity contribution is 7.80. The zero-order chi connectivity index (χ0) is 20.0. The standard InChI is InChI=1S/C21H27N3O2S/c1-5-22(6-2)17-14-12-16(13-15-17)10-9-11-18-19(25)23(7-3)21(27)24(8-4)20(18)26/h9-15H,5-8H2,1-4H3/b10-9-. The Bertz CT molecular complexity index is 736.